The lowest BCUT2D eigenvalue weighted by atomic mass is 10.1. The Morgan fingerprint density at radius 1 is 1.30 bits per heavy atom. The number of nitrogens with one attached hydrogen (secondary N) is 2. The summed E-state index contributed by atoms with van der Waals surface area (Å²) in [5.41, 5.74) is 2.71. The Morgan fingerprint density at radius 3 is 2.67 bits per heavy atom. The lowest BCUT2D eigenvalue weighted by molar-refractivity contribution is -0.141. The molecular weight excluding hydrogens is 388 g/mol. The van der Waals surface area contributed by atoms with E-state index in [-0.39, 0.29) is 25.4 Å². The molecule has 0 saturated carbocycles. The maximum absolute atomic E-state index is 12.7. The molecule has 3 N–H and O–H groups in total. The highest BCUT2D eigenvalue weighted by atomic mass is 16.5. The van der Waals surface area contributed by atoms with E-state index in [0.717, 1.165) is 11.1 Å². The molecule has 30 heavy (non-hydrogen) atoms. The van der Waals surface area contributed by atoms with Crippen molar-refractivity contribution < 1.29 is 24.0 Å². The molecule has 0 aliphatic carbocycles. The number of aliphatic hydroxyl groups is 1. The summed E-state index contributed by atoms with van der Waals surface area (Å²) in [5, 5.41) is 19.2. The highest BCUT2D eigenvalue weighted by molar-refractivity contribution is 5.92. The Morgan fingerprint density at radius 2 is 2.00 bits per heavy atom. The summed E-state index contributed by atoms with van der Waals surface area (Å²) in [7, 11) is 0. The molecule has 3 amide bonds. The molecule has 9 nitrogen and oxygen atoms in total. The zero-order chi connectivity index (χ0) is 21.8. The summed E-state index contributed by atoms with van der Waals surface area (Å²) in [5.74, 6) is -0.681. The van der Waals surface area contributed by atoms with Gasteiger partial charge in [-0.2, -0.15) is 0 Å². The summed E-state index contributed by atoms with van der Waals surface area (Å²) in [6.07, 6.45) is -0.664. The average Bonchev–Trinajstić information content (AvgIpc) is 3.32. The number of amides is 3. The van der Waals surface area contributed by atoms with Gasteiger partial charge in [0.2, 0.25) is 17.7 Å². The van der Waals surface area contributed by atoms with Crippen LogP contribution in [0.1, 0.15) is 31.6 Å². The van der Waals surface area contributed by atoms with Crippen molar-refractivity contribution >= 4 is 17.7 Å². The molecule has 0 spiro atoms. The molecular formula is C21H26N4O5. The molecule has 1 aromatic heterocycles. The van der Waals surface area contributed by atoms with Gasteiger partial charge >= 0.3 is 0 Å². The summed E-state index contributed by atoms with van der Waals surface area (Å²) in [6.45, 7) is 5.01. The van der Waals surface area contributed by atoms with Crippen LogP contribution in [0.25, 0.3) is 11.3 Å². The van der Waals surface area contributed by atoms with Gasteiger partial charge in [-0.15, -0.1) is 0 Å². The van der Waals surface area contributed by atoms with Crippen LogP contribution < -0.4 is 10.6 Å². The highest BCUT2D eigenvalue weighted by Crippen LogP contribution is 2.21. The molecule has 2 aromatic rings. The van der Waals surface area contributed by atoms with Gasteiger partial charge in [0.05, 0.1) is 12.6 Å². The van der Waals surface area contributed by atoms with Crippen molar-refractivity contribution in [2.24, 2.45) is 0 Å². The molecule has 3 rings (SSSR count). The fourth-order valence-electron chi connectivity index (χ4n) is 3.47. The van der Waals surface area contributed by atoms with Gasteiger partial charge in [-0.1, -0.05) is 35.0 Å². The van der Waals surface area contributed by atoms with Crippen LogP contribution >= 0.6 is 0 Å². The Labute approximate surface area is 174 Å². The van der Waals surface area contributed by atoms with Crippen molar-refractivity contribution in [1.29, 1.82) is 0 Å². The van der Waals surface area contributed by atoms with Gasteiger partial charge in [-0.25, -0.2) is 0 Å². The first-order valence-corrected chi connectivity index (χ1v) is 9.80. The molecule has 0 bridgehead atoms. The maximum Gasteiger partial charge on any atom is 0.245 e. The fraction of sp³-hybridized carbons (Fsp3) is 0.429. The standard InChI is InChI=1S/C21H26N4O5/c1-12-4-6-15(7-5-12)18-9-17(30-24-18)10-22-20(28)19-8-16(27)11-25(19)21(29)13(2)23-14(3)26/h4-7,9,13,16,19,27H,8,10-11H2,1-3H3,(H,22,28)(H,23,26)/t13-,16+,19-/m0/s1. The third kappa shape index (κ3) is 5.04. The number of aromatic nitrogens is 1. The normalized spacial score (nSPS) is 19.4. The zero-order valence-corrected chi connectivity index (χ0v) is 17.2. The molecule has 2 heterocycles. The number of hydrogen-bond acceptors (Lipinski definition) is 6. The molecule has 0 unspecified atom stereocenters. The first kappa shape index (κ1) is 21.5. The van der Waals surface area contributed by atoms with E-state index in [1.807, 2.05) is 31.2 Å². The third-order valence-corrected chi connectivity index (χ3v) is 5.00. The van der Waals surface area contributed by atoms with Crippen LogP contribution in [0.4, 0.5) is 0 Å². The van der Waals surface area contributed by atoms with E-state index in [0.29, 0.717) is 11.5 Å². The molecule has 3 atom stereocenters. The Kier molecular flexibility index (Phi) is 6.51. The van der Waals surface area contributed by atoms with Crippen LogP contribution in [0.2, 0.25) is 0 Å². The molecule has 1 aliphatic heterocycles. The molecule has 1 aromatic carbocycles. The van der Waals surface area contributed by atoms with E-state index in [9.17, 15) is 19.5 Å². The number of β-amino-alcohol motifs (C(OH)–C–C–N with tert-alkyl or cyclic N) is 1. The van der Waals surface area contributed by atoms with Gasteiger partial charge in [0.25, 0.3) is 0 Å². The van der Waals surface area contributed by atoms with E-state index < -0.39 is 30.0 Å². The van der Waals surface area contributed by atoms with Crippen molar-refractivity contribution in [3.63, 3.8) is 0 Å². The summed E-state index contributed by atoms with van der Waals surface area (Å²) < 4.78 is 5.30. The third-order valence-electron chi connectivity index (χ3n) is 5.00. The van der Waals surface area contributed by atoms with E-state index in [1.54, 1.807) is 13.0 Å². The minimum atomic E-state index is -0.816. The Hall–Kier alpha value is -3.20. The lowest BCUT2D eigenvalue weighted by Gasteiger charge is -2.26. The number of hydrogen-bond donors (Lipinski definition) is 3. The van der Waals surface area contributed by atoms with E-state index in [1.165, 1.54) is 11.8 Å². The number of carbonyl (C=O) groups excluding carboxylic acids is 3. The fourth-order valence-corrected chi connectivity index (χ4v) is 3.47. The first-order valence-electron chi connectivity index (χ1n) is 9.80. The SMILES string of the molecule is CC(=O)N[C@@H](C)C(=O)N1C[C@H](O)C[C@H]1C(=O)NCc1cc(-c2ccc(C)cc2)no1. The number of nitrogens with zero attached hydrogens (tertiary/aromatic N) is 2. The Bertz CT molecular complexity index is 924. The van der Waals surface area contributed by atoms with Crippen molar-refractivity contribution in [2.45, 2.75) is 51.9 Å². The minimum Gasteiger partial charge on any atom is -0.391 e. The van der Waals surface area contributed by atoms with Crippen LogP contribution in [-0.4, -0.2) is 57.6 Å². The van der Waals surface area contributed by atoms with Crippen molar-refractivity contribution in [3.8, 4) is 11.3 Å². The average molecular weight is 414 g/mol. The highest BCUT2D eigenvalue weighted by Gasteiger charge is 2.40. The second kappa shape index (κ2) is 9.08. The number of benzene rings is 1. The molecule has 1 saturated heterocycles. The van der Waals surface area contributed by atoms with Crippen molar-refractivity contribution in [1.82, 2.24) is 20.7 Å². The predicted octanol–water partition coefficient (Wildman–Crippen LogP) is 0.753. The topological polar surface area (TPSA) is 125 Å². The Balaban J connectivity index is 1.61. The van der Waals surface area contributed by atoms with Gasteiger partial charge in [0.15, 0.2) is 5.76 Å². The molecule has 0 radical (unpaired) electrons. The summed E-state index contributed by atoms with van der Waals surface area (Å²) in [6, 6.07) is 7.98. The molecule has 1 aliphatic rings. The van der Waals surface area contributed by atoms with Crippen molar-refractivity contribution in [3.05, 3.63) is 41.7 Å². The minimum absolute atomic E-state index is 0.0424. The van der Waals surface area contributed by atoms with Gasteiger partial charge in [0.1, 0.15) is 17.8 Å². The number of aryl methyl sites for hydroxylation is 1. The molecule has 160 valence electrons. The van der Waals surface area contributed by atoms with Crippen LogP contribution in [-0.2, 0) is 20.9 Å². The van der Waals surface area contributed by atoms with Crippen LogP contribution in [0.5, 0.6) is 0 Å². The smallest absolute Gasteiger partial charge is 0.245 e. The largest absolute Gasteiger partial charge is 0.391 e. The van der Waals surface area contributed by atoms with Gasteiger partial charge in [0, 0.05) is 31.5 Å². The molecule has 9 heteroatoms. The number of rotatable bonds is 6. The van der Waals surface area contributed by atoms with Crippen molar-refractivity contribution in [2.75, 3.05) is 6.54 Å². The monoisotopic (exact) mass is 414 g/mol. The molecule has 1 fully saturated rings. The summed E-state index contributed by atoms with van der Waals surface area (Å²) >= 11 is 0. The van der Waals surface area contributed by atoms with Crippen LogP contribution in [0.3, 0.4) is 0 Å². The van der Waals surface area contributed by atoms with Gasteiger partial charge < -0.3 is 25.2 Å². The first-order chi connectivity index (χ1) is 14.2. The summed E-state index contributed by atoms with van der Waals surface area (Å²) in [4.78, 5) is 37.8. The van der Waals surface area contributed by atoms with Crippen LogP contribution in [0.15, 0.2) is 34.9 Å². The van der Waals surface area contributed by atoms with Gasteiger partial charge in [-0.05, 0) is 13.8 Å². The van der Waals surface area contributed by atoms with Crippen LogP contribution in [0, 0.1) is 6.92 Å². The number of carbonyl (C=O) groups is 3. The van der Waals surface area contributed by atoms with E-state index >= 15 is 0 Å². The van der Waals surface area contributed by atoms with Gasteiger partial charge in [-0.3, -0.25) is 14.4 Å². The zero-order valence-electron chi connectivity index (χ0n) is 17.2. The maximum atomic E-state index is 12.7. The second-order valence-corrected chi connectivity index (χ2v) is 7.58. The van der Waals surface area contributed by atoms with E-state index in [2.05, 4.69) is 15.8 Å². The van der Waals surface area contributed by atoms with E-state index in [4.69, 9.17) is 4.52 Å². The number of likely N-dealkylation sites (tertiary alicyclic amines) is 1. The second-order valence-electron chi connectivity index (χ2n) is 7.58. The number of aliphatic hydroxyl groups excluding tert-OH is 1. The predicted molar refractivity (Wildman–Crippen MR) is 108 cm³/mol. The quantitative estimate of drug-likeness (QED) is 0.641. The lowest BCUT2D eigenvalue weighted by Crippen LogP contribution is -2.52.